The van der Waals surface area contributed by atoms with Crippen LogP contribution in [-0.4, -0.2) is 42.7 Å². The molecular weight excluding hydrogens is 326 g/mol. The van der Waals surface area contributed by atoms with Crippen LogP contribution in [0.15, 0.2) is 60.7 Å². The molecule has 0 aliphatic carbocycles. The average molecular weight is 355 g/mol. The van der Waals surface area contributed by atoms with Gasteiger partial charge in [-0.1, -0.05) is 67.6 Å². The zero-order valence-electron chi connectivity index (χ0n) is 14.9. The fourth-order valence-electron chi connectivity index (χ4n) is 3.58. The lowest BCUT2D eigenvalue weighted by Crippen LogP contribution is -3.15. The Balaban J connectivity index is 1.72. The Labute approximate surface area is 156 Å². The minimum atomic E-state index is 0.390. The van der Waals surface area contributed by atoms with Crippen molar-refractivity contribution in [2.75, 3.05) is 32.7 Å². The van der Waals surface area contributed by atoms with Crippen LogP contribution < -0.4 is 10.2 Å². The molecule has 1 heterocycles. The molecule has 0 spiro atoms. The Hall–Kier alpha value is -1.91. The first kappa shape index (κ1) is 17.9. The summed E-state index contributed by atoms with van der Waals surface area (Å²) in [5.41, 5.74) is 2.78. The standard InChI is InChI=1S/C21H27N3S/c1-2-13-22-21(25)24-16-14-23(15-17-24)20(18-9-5-3-6-10-18)19-11-7-4-8-12-19/h3-12,20H,2,13-17H2,1H3,(H,22,25)/p+1. The molecule has 0 radical (unpaired) electrons. The molecule has 3 nitrogen and oxygen atoms in total. The van der Waals surface area contributed by atoms with Crippen molar-refractivity contribution in [2.24, 2.45) is 0 Å². The number of hydrogen-bond acceptors (Lipinski definition) is 1. The molecule has 0 atom stereocenters. The van der Waals surface area contributed by atoms with Crippen molar-refractivity contribution in [3.63, 3.8) is 0 Å². The summed E-state index contributed by atoms with van der Waals surface area (Å²) >= 11 is 5.54. The molecule has 1 saturated heterocycles. The highest BCUT2D eigenvalue weighted by atomic mass is 32.1. The van der Waals surface area contributed by atoms with Gasteiger partial charge >= 0.3 is 0 Å². The van der Waals surface area contributed by atoms with E-state index < -0.39 is 0 Å². The summed E-state index contributed by atoms with van der Waals surface area (Å²) in [4.78, 5) is 3.94. The second-order valence-corrected chi connectivity index (χ2v) is 7.02. The maximum absolute atomic E-state index is 5.54. The van der Waals surface area contributed by atoms with Crippen LogP contribution in [0.4, 0.5) is 0 Å². The first-order chi connectivity index (χ1) is 12.3. The third-order valence-corrected chi connectivity index (χ3v) is 5.30. The zero-order chi connectivity index (χ0) is 17.5. The third-order valence-electron chi connectivity index (χ3n) is 4.89. The van der Waals surface area contributed by atoms with E-state index in [0.29, 0.717) is 6.04 Å². The Morgan fingerprint density at radius 1 is 1.00 bits per heavy atom. The SMILES string of the molecule is CCCNC(=S)N1CC[NH+](C(c2ccccc2)c2ccccc2)CC1. The molecule has 2 N–H and O–H groups in total. The first-order valence-electron chi connectivity index (χ1n) is 9.27. The third kappa shape index (κ3) is 4.59. The molecule has 0 unspecified atom stereocenters. The molecular formula is C21H28N3S+. The van der Waals surface area contributed by atoms with Crippen LogP contribution in [0.2, 0.25) is 0 Å². The van der Waals surface area contributed by atoms with Crippen molar-refractivity contribution < 1.29 is 4.90 Å². The topological polar surface area (TPSA) is 19.7 Å². The van der Waals surface area contributed by atoms with Crippen molar-refractivity contribution in [1.82, 2.24) is 10.2 Å². The van der Waals surface area contributed by atoms with Gasteiger partial charge in [0.25, 0.3) is 0 Å². The summed E-state index contributed by atoms with van der Waals surface area (Å²) in [6.45, 7) is 7.36. The van der Waals surface area contributed by atoms with Crippen LogP contribution >= 0.6 is 12.2 Å². The van der Waals surface area contributed by atoms with Gasteiger partial charge in [0.1, 0.15) is 6.04 Å². The Kier molecular flexibility index (Phi) is 6.42. The lowest BCUT2D eigenvalue weighted by Gasteiger charge is -2.38. The number of quaternary nitrogens is 1. The van der Waals surface area contributed by atoms with Crippen LogP contribution in [-0.2, 0) is 0 Å². The van der Waals surface area contributed by atoms with E-state index in [-0.39, 0.29) is 0 Å². The smallest absolute Gasteiger partial charge is 0.169 e. The van der Waals surface area contributed by atoms with E-state index in [1.54, 1.807) is 4.90 Å². The minimum absolute atomic E-state index is 0.390. The number of hydrogen-bond donors (Lipinski definition) is 2. The number of nitrogens with zero attached hydrogens (tertiary/aromatic N) is 1. The molecule has 0 bridgehead atoms. The predicted octanol–water partition coefficient (Wildman–Crippen LogP) is 2.26. The lowest BCUT2D eigenvalue weighted by molar-refractivity contribution is -0.929. The molecule has 1 fully saturated rings. The van der Waals surface area contributed by atoms with Crippen LogP contribution in [0, 0.1) is 0 Å². The quantitative estimate of drug-likeness (QED) is 0.804. The number of thiocarbonyl (C=S) groups is 1. The second kappa shape index (κ2) is 8.97. The van der Waals surface area contributed by atoms with E-state index in [4.69, 9.17) is 12.2 Å². The van der Waals surface area contributed by atoms with E-state index in [1.165, 1.54) is 11.1 Å². The van der Waals surface area contributed by atoms with Gasteiger partial charge in [-0.25, -0.2) is 0 Å². The van der Waals surface area contributed by atoms with Gasteiger partial charge < -0.3 is 15.1 Å². The fraction of sp³-hybridized carbons (Fsp3) is 0.381. The molecule has 1 aliphatic heterocycles. The fourth-order valence-corrected chi connectivity index (χ4v) is 3.87. The summed E-state index contributed by atoms with van der Waals surface area (Å²) < 4.78 is 0. The van der Waals surface area contributed by atoms with Crippen molar-refractivity contribution >= 4 is 17.3 Å². The van der Waals surface area contributed by atoms with Gasteiger partial charge in [0.15, 0.2) is 5.11 Å². The largest absolute Gasteiger partial charge is 0.363 e. The Bertz CT molecular complexity index is 612. The molecule has 25 heavy (non-hydrogen) atoms. The maximum Gasteiger partial charge on any atom is 0.169 e. The number of piperazine rings is 1. The number of nitrogens with one attached hydrogen (secondary N) is 2. The van der Waals surface area contributed by atoms with Gasteiger partial charge in [0.2, 0.25) is 0 Å². The number of benzene rings is 2. The van der Waals surface area contributed by atoms with Crippen molar-refractivity contribution in [2.45, 2.75) is 19.4 Å². The second-order valence-electron chi connectivity index (χ2n) is 6.63. The molecule has 132 valence electrons. The molecule has 0 amide bonds. The van der Waals surface area contributed by atoms with Gasteiger partial charge in [-0.15, -0.1) is 0 Å². The van der Waals surface area contributed by atoms with Crippen LogP contribution in [0.3, 0.4) is 0 Å². The number of rotatable bonds is 5. The highest BCUT2D eigenvalue weighted by Crippen LogP contribution is 2.19. The summed E-state index contributed by atoms with van der Waals surface area (Å²) in [6.07, 6.45) is 1.11. The van der Waals surface area contributed by atoms with Crippen molar-refractivity contribution in [3.8, 4) is 0 Å². The molecule has 1 aliphatic rings. The maximum atomic E-state index is 5.54. The van der Waals surface area contributed by atoms with E-state index >= 15 is 0 Å². The highest BCUT2D eigenvalue weighted by molar-refractivity contribution is 7.80. The first-order valence-corrected chi connectivity index (χ1v) is 9.67. The average Bonchev–Trinajstić information content (AvgIpc) is 2.68. The van der Waals surface area contributed by atoms with Crippen LogP contribution in [0.25, 0.3) is 0 Å². The van der Waals surface area contributed by atoms with E-state index in [9.17, 15) is 0 Å². The molecule has 2 aromatic rings. The summed E-state index contributed by atoms with van der Waals surface area (Å²) in [7, 11) is 0. The molecule has 0 saturated carbocycles. The van der Waals surface area contributed by atoms with Gasteiger partial charge in [0.05, 0.1) is 26.2 Å². The predicted molar refractivity (Wildman–Crippen MR) is 108 cm³/mol. The Morgan fingerprint density at radius 2 is 1.52 bits per heavy atom. The molecule has 0 aromatic heterocycles. The van der Waals surface area contributed by atoms with E-state index in [2.05, 4.69) is 77.8 Å². The normalized spacial score (nSPS) is 15.4. The van der Waals surface area contributed by atoms with E-state index in [0.717, 1.165) is 44.3 Å². The van der Waals surface area contributed by atoms with Crippen molar-refractivity contribution in [1.29, 1.82) is 0 Å². The van der Waals surface area contributed by atoms with Gasteiger partial charge in [-0.2, -0.15) is 0 Å². The zero-order valence-corrected chi connectivity index (χ0v) is 15.8. The van der Waals surface area contributed by atoms with Crippen molar-refractivity contribution in [3.05, 3.63) is 71.8 Å². The minimum Gasteiger partial charge on any atom is -0.363 e. The van der Waals surface area contributed by atoms with Gasteiger partial charge in [-0.3, -0.25) is 0 Å². The monoisotopic (exact) mass is 354 g/mol. The van der Waals surface area contributed by atoms with E-state index in [1.807, 2.05) is 0 Å². The lowest BCUT2D eigenvalue weighted by atomic mass is 9.96. The molecule has 3 rings (SSSR count). The van der Waals surface area contributed by atoms with Gasteiger partial charge in [-0.05, 0) is 18.6 Å². The van der Waals surface area contributed by atoms with Crippen LogP contribution in [0.1, 0.15) is 30.5 Å². The molecule has 2 aromatic carbocycles. The summed E-state index contributed by atoms with van der Waals surface area (Å²) in [6, 6.07) is 22.2. The Morgan fingerprint density at radius 3 is 2.00 bits per heavy atom. The highest BCUT2D eigenvalue weighted by Gasteiger charge is 2.30. The molecule has 4 heteroatoms. The van der Waals surface area contributed by atoms with Crippen LogP contribution in [0.5, 0.6) is 0 Å². The van der Waals surface area contributed by atoms with Gasteiger partial charge in [0, 0.05) is 17.7 Å². The summed E-state index contributed by atoms with van der Waals surface area (Å²) in [5, 5.41) is 4.27. The summed E-state index contributed by atoms with van der Waals surface area (Å²) in [5.74, 6) is 0.